The van der Waals surface area contributed by atoms with Crippen molar-refractivity contribution >= 4 is 29.5 Å². The van der Waals surface area contributed by atoms with E-state index in [1.807, 2.05) is 30.3 Å². The van der Waals surface area contributed by atoms with E-state index in [2.05, 4.69) is 5.32 Å². The number of aliphatic carboxylic acids is 1. The SMILES string of the molecule is O=C(Cc1ccccc1)NC1C(=O)N2C(C(=O)[O-])C3(CCCCC3)S[C@@H]12.[K+]. The van der Waals surface area contributed by atoms with E-state index in [9.17, 15) is 19.5 Å². The number of nitrogens with zero attached hydrogens (tertiary/aromatic N) is 1. The number of carboxylic acids is 1. The minimum absolute atomic E-state index is 0. The van der Waals surface area contributed by atoms with Crippen LogP contribution < -0.4 is 61.8 Å². The molecule has 2 heterocycles. The van der Waals surface area contributed by atoms with Crippen LogP contribution in [0.15, 0.2) is 30.3 Å². The molecule has 2 aliphatic heterocycles. The maximum Gasteiger partial charge on any atom is 1.00 e. The molecule has 0 aromatic heterocycles. The molecule has 0 bridgehead atoms. The van der Waals surface area contributed by atoms with E-state index in [4.69, 9.17) is 0 Å². The minimum atomic E-state index is -1.18. The summed E-state index contributed by atoms with van der Waals surface area (Å²) in [5.74, 6) is -1.70. The summed E-state index contributed by atoms with van der Waals surface area (Å²) in [4.78, 5) is 38.1. The fourth-order valence-corrected chi connectivity index (χ4v) is 6.46. The van der Waals surface area contributed by atoms with Gasteiger partial charge in [0.2, 0.25) is 11.8 Å². The summed E-state index contributed by atoms with van der Waals surface area (Å²) < 4.78 is -0.462. The van der Waals surface area contributed by atoms with Crippen LogP contribution in [-0.2, 0) is 20.8 Å². The molecular formula is C19H21KN2O4S. The topological polar surface area (TPSA) is 89.5 Å². The van der Waals surface area contributed by atoms with E-state index in [0.29, 0.717) is 0 Å². The molecule has 1 spiro atoms. The Hall–Kier alpha value is -0.384. The molecule has 138 valence electrons. The molecule has 27 heavy (non-hydrogen) atoms. The number of amides is 2. The first-order valence-corrected chi connectivity index (χ1v) is 9.94. The van der Waals surface area contributed by atoms with Gasteiger partial charge in [-0.25, -0.2) is 0 Å². The Morgan fingerprint density at radius 1 is 1.19 bits per heavy atom. The van der Waals surface area contributed by atoms with Crippen LogP contribution in [0.25, 0.3) is 0 Å². The molecule has 2 amide bonds. The van der Waals surface area contributed by atoms with E-state index < -0.39 is 22.8 Å². The molecule has 1 aromatic carbocycles. The molecule has 4 rings (SSSR count). The summed E-state index contributed by atoms with van der Waals surface area (Å²) in [7, 11) is 0. The number of rotatable bonds is 4. The van der Waals surface area contributed by atoms with Crippen molar-refractivity contribution < 1.29 is 70.9 Å². The summed E-state index contributed by atoms with van der Waals surface area (Å²) >= 11 is 1.55. The Bertz CT molecular complexity index is 738. The first-order valence-electron chi connectivity index (χ1n) is 9.06. The second-order valence-corrected chi connectivity index (χ2v) is 8.84. The van der Waals surface area contributed by atoms with Gasteiger partial charge in [-0.1, -0.05) is 49.6 Å². The first-order chi connectivity index (χ1) is 12.5. The predicted octanol–water partition coefficient (Wildman–Crippen LogP) is -2.55. The fourth-order valence-electron chi connectivity index (χ4n) is 4.45. The van der Waals surface area contributed by atoms with Crippen molar-refractivity contribution in [2.75, 3.05) is 0 Å². The van der Waals surface area contributed by atoms with Crippen LogP contribution in [0.1, 0.15) is 37.7 Å². The number of carboxylic acid groups (broad SMARTS) is 1. The maximum absolute atomic E-state index is 12.6. The van der Waals surface area contributed by atoms with Gasteiger partial charge in [-0.2, -0.15) is 0 Å². The van der Waals surface area contributed by atoms with E-state index in [1.54, 1.807) is 11.8 Å². The molecule has 3 aliphatic rings. The molecule has 1 N–H and O–H groups in total. The number of nitrogens with one attached hydrogen (secondary N) is 1. The second-order valence-electron chi connectivity index (χ2n) is 7.31. The molecule has 3 fully saturated rings. The van der Waals surface area contributed by atoms with Crippen LogP contribution in [0.3, 0.4) is 0 Å². The third-order valence-corrected chi connectivity index (χ3v) is 7.50. The Morgan fingerprint density at radius 2 is 1.85 bits per heavy atom. The number of carbonyl (C=O) groups excluding carboxylic acids is 3. The number of hydrogen-bond acceptors (Lipinski definition) is 5. The van der Waals surface area contributed by atoms with Crippen LogP contribution in [0, 0.1) is 0 Å². The van der Waals surface area contributed by atoms with Crippen molar-refractivity contribution in [1.29, 1.82) is 0 Å². The molecule has 2 saturated heterocycles. The quantitative estimate of drug-likeness (QED) is 0.435. The molecule has 1 saturated carbocycles. The maximum atomic E-state index is 12.6. The number of hydrogen-bond donors (Lipinski definition) is 1. The average Bonchev–Trinajstić information content (AvgIpc) is 2.92. The zero-order valence-electron chi connectivity index (χ0n) is 15.3. The number of fused-ring (bicyclic) bond motifs is 1. The van der Waals surface area contributed by atoms with Gasteiger partial charge in [0.05, 0.1) is 18.4 Å². The number of thioether (sulfide) groups is 1. The van der Waals surface area contributed by atoms with Crippen molar-refractivity contribution in [3.8, 4) is 0 Å². The number of benzene rings is 1. The zero-order chi connectivity index (χ0) is 18.3. The Balaban J connectivity index is 0.00000210. The van der Waals surface area contributed by atoms with Crippen LogP contribution >= 0.6 is 11.8 Å². The molecule has 2 unspecified atom stereocenters. The normalized spacial score (nSPS) is 28.1. The fraction of sp³-hybridized carbons (Fsp3) is 0.526. The van der Waals surface area contributed by atoms with Gasteiger partial charge in [-0.15, -0.1) is 11.8 Å². The van der Waals surface area contributed by atoms with Gasteiger partial charge in [0, 0.05) is 4.75 Å². The third kappa shape index (κ3) is 3.89. The van der Waals surface area contributed by atoms with Gasteiger partial charge in [-0.3, -0.25) is 9.59 Å². The largest absolute Gasteiger partial charge is 1.00 e. The number of β-lactam (4-membered cyclic amide) rings is 1. The Morgan fingerprint density at radius 3 is 2.48 bits per heavy atom. The predicted molar refractivity (Wildman–Crippen MR) is 94.9 cm³/mol. The molecular weight excluding hydrogens is 391 g/mol. The molecule has 3 atom stereocenters. The van der Waals surface area contributed by atoms with Crippen LogP contribution in [-0.4, -0.2) is 44.9 Å². The monoisotopic (exact) mass is 412 g/mol. The smallest absolute Gasteiger partial charge is 0.548 e. The summed E-state index contributed by atoms with van der Waals surface area (Å²) in [6.07, 6.45) is 4.80. The summed E-state index contributed by atoms with van der Waals surface area (Å²) in [6, 6.07) is 7.82. The van der Waals surface area contributed by atoms with Gasteiger partial charge in [0.1, 0.15) is 11.4 Å². The van der Waals surface area contributed by atoms with E-state index in [1.165, 1.54) is 4.90 Å². The van der Waals surface area contributed by atoms with E-state index >= 15 is 0 Å². The average molecular weight is 413 g/mol. The van der Waals surface area contributed by atoms with Crippen LogP contribution in [0.4, 0.5) is 0 Å². The summed E-state index contributed by atoms with van der Waals surface area (Å²) in [6.45, 7) is 0. The van der Waals surface area contributed by atoms with Gasteiger partial charge in [0.15, 0.2) is 0 Å². The third-order valence-electron chi connectivity index (χ3n) is 5.66. The summed E-state index contributed by atoms with van der Waals surface area (Å²) in [5, 5.41) is 14.3. The van der Waals surface area contributed by atoms with E-state index in [-0.39, 0.29) is 75.0 Å². The number of carbonyl (C=O) groups is 3. The van der Waals surface area contributed by atoms with Crippen molar-refractivity contribution in [3.63, 3.8) is 0 Å². The summed E-state index contributed by atoms with van der Waals surface area (Å²) in [5.41, 5.74) is 0.879. The van der Waals surface area contributed by atoms with Gasteiger partial charge in [0.25, 0.3) is 0 Å². The van der Waals surface area contributed by atoms with Crippen molar-refractivity contribution in [3.05, 3.63) is 35.9 Å². The molecule has 1 aromatic rings. The Labute approximate surface area is 205 Å². The molecule has 1 aliphatic carbocycles. The van der Waals surface area contributed by atoms with Crippen molar-refractivity contribution in [1.82, 2.24) is 10.2 Å². The van der Waals surface area contributed by atoms with Gasteiger partial charge >= 0.3 is 51.4 Å². The van der Waals surface area contributed by atoms with Crippen LogP contribution in [0.2, 0.25) is 0 Å². The second kappa shape index (κ2) is 8.55. The molecule has 6 nitrogen and oxygen atoms in total. The van der Waals surface area contributed by atoms with Gasteiger partial charge in [-0.05, 0) is 18.4 Å². The standard InChI is InChI=1S/C19H22N2O4S.K/c22-13(11-12-7-3-1-4-8-12)20-14-16(23)21-15(18(24)25)19(26-17(14)21)9-5-2-6-10-19;/h1,3-4,7-8,14-15,17H,2,5-6,9-11H2,(H,20,22)(H,24,25);/q;+1/p-1/t14?,15?,17-;/m0./s1. The minimum Gasteiger partial charge on any atom is -0.548 e. The van der Waals surface area contributed by atoms with Gasteiger partial charge < -0.3 is 20.1 Å². The van der Waals surface area contributed by atoms with E-state index in [0.717, 1.165) is 37.7 Å². The Kier molecular flexibility index (Phi) is 6.75. The first kappa shape index (κ1) is 21.3. The van der Waals surface area contributed by atoms with Crippen molar-refractivity contribution in [2.45, 2.75) is 60.7 Å². The van der Waals surface area contributed by atoms with Crippen molar-refractivity contribution in [2.24, 2.45) is 0 Å². The zero-order valence-corrected chi connectivity index (χ0v) is 19.3. The van der Waals surface area contributed by atoms with Crippen LogP contribution in [0.5, 0.6) is 0 Å². The molecule has 0 radical (unpaired) electrons. The molecule has 8 heteroatoms.